The molecule has 0 aliphatic carbocycles. The van der Waals surface area contributed by atoms with E-state index in [0.29, 0.717) is 22.9 Å². The van der Waals surface area contributed by atoms with E-state index in [-0.39, 0.29) is 11.5 Å². The summed E-state index contributed by atoms with van der Waals surface area (Å²) in [4.78, 5) is 29.5. The molecule has 2 aliphatic heterocycles. The van der Waals surface area contributed by atoms with Crippen LogP contribution in [0.2, 0.25) is 0 Å². The molecule has 5 nitrogen and oxygen atoms in total. The van der Waals surface area contributed by atoms with Gasteiger partial charge < -0.3 is 15.2 Å². The molecular weight excluding hydrogens is 346 g/mol. The van der Waals surface area contributed by atoms with Gasteiger partial charge in [-0.15, -0.1) is 0 Å². The number of H-pyrrole nitrogens is 1. The Morgan fingerprint density at radius 1 is 1.23 bits per heavy atom. The minimum Gasteiger partial charge on any atom is -0.338 e. The quantitative estimate of drug-likeness (QED) is 0.810. The number of amides is 1. The van der Waals surface area contributed by atoms with Crippen LogP contribution in [0.1, 0.15) is 10.4 Å². The Kier molecular flexibility index (Phi) is 3.31. The number of aromatic amines is 1. The van der Waals surface area contributed by atoms with Crippen LogP contribution in [0.15, 0.2) is 33.5 Å². The van der Waals surface area contributed by atoms with Crippen LogP contribution < -0.4 is 10.9 Å². The highest BCUT2D eigenvalue weighted by molar-refractivity contribution is 9.10. The standard InChI is InChI=1S/C16H16BrN3O2/c17-13-3-1-2-11-12(4-14(21)19-15(11)13)16(22)20-7-9-5-18-6-10(9)8-20/h1-4,9-10,18H,5-8H2,(H,19,21)/t9-,10+. The lowest BCUT2D eigenvalue weighted by molar-refractivity contribution is 0.0783. The van der Waals surface area contributed by atoms with Crippen molar-refractivity contribution in [2.45, 2.75) is 0 Å². The molecule has 0 bridgehead atoms. The smallest absolute Gasteiger partial charge is 0.254 e. The molecule has 2 saturated heterocycles. The zero-order valence-electron chi connectivity index (χ0n) is 11.9. The van der Waals surface area contributed by atoms with Gasteiger partial charge in [0.15, 0.2) is 0 Å². The number of benzene rings is 1. The highest BCUT2D eigenvalue weighted by atomic mass is 79.9. The number of likely N-dealkylation sites (tertiary alicyclic amines) is 1. The van der Waals surface area contributed by atoms with Crippen LogP contribution >= 0.6 is 15.9 Å². The predicted molar refractivity (Wildman–Crippen MR) is 88.0 cm³/mol. The zero-order valence-corrected chi connectivity index (χ0v) is 13.5. The molecule has 114 valence electrons. The van der Waals surface area contributed by atoms with Crippen molar-refractivity contribution in [3.05, 3.63) is 44.7 Å². The molecule has 3 heterocycles. The van der Waals surface area contributed by atoms with Crippen molar-refractivity contribution in [3.63, 3.8) is 0 Å². The number of aromatic nitrogens is 1. The van der Waals surface area contributed by atoms with E-state index in [4.69, 9.17) is 0 Å². The van der Waals surface area contributed by atoms with Crippen molar-refractivity contribution in [2.24, 2.45) is 11.8 Å². The molecule has 0 unspecified atom stereocenters. The van der Waals surface area contributed by atoms with Gasteiger partial charge in [-0.05, 0) is 33.8 Å². The van der Waals surface area contributed by atoms with Crippen LogP contribution in [0.3, 0.4) is 0 Å². The number of pyridine rings is 1. The summed E-state index contributed by atoms with van der Waals surface area (Å²) >= 11 is 3.43. The van der Waals surface area contributed by atoms with Crippen LogP contribution in [0.25, 0.3) is 10.9 Å². The van der Waals surface area contributed by atoms with Crippen LogP contribution in [-0.4, -0.2) is 42.0 Å². The van der Waals surface area contributed by atoms with Gasteiger partial charge >= 0.3 is 0 Å². The monoisotopic (exact) mass is 361 g/mol. The number of carbonyl (C=O) groups excluding carboxylic acids is 1. The number of para-hydroxylation sites is 1. The van der Waals surface area contributed by atoms with Gasteiger partial charge in [-0.2, -0.15) is 0 Å². The van der Waals surface area contributed by atoms with E-state index in [2.05, 4.69) is 26.2 Å². The maximum atomic E-state index is 12.9. The summed E-state index contributed by atoms with van der Waals surface area (Å²) in [5.41, 5.74) is 0.927. The van der Waals surface area contributed by atoms with Crippen LogP contribution in [0.5, 0.6) is 0 Å². The summed E-state index contributed by atoms with van der Waals surface area (Å²) in [7, 11) is 0. The third kappa shape index (κ3) is 2.18. The van der Waals surface area contributed by atoms with Crippen molar-refractivity contribution < 1.29 is 4.79 Å². The Morgan fingerprint density at radius 3 is 2.68 bits per heavy atom. The molecule has 2 N–H and O–H groups in total. The predicted octanol–water partition coefficient (Wildman–Crippen LogP) is 1.58. The molecule has 4 rings (SSSR count). The molecule has 1 aromatic heterocycles. The molecule has 2 aliphatic rings. The molecular formula is C16H16BrN3O2. The fraction of sp³-hybridized carbons (Fsp3) is 0.375. The second-order valence-electron chi connectivity index (χ2n) is 6.10. The fourth-order valence-electron chi connectivity index (χ4n) is 3.61. The molecule has 1 aromatic carbocycles. The summed E-state index contributed by atoms with van der Waals surface area (Å²) in [6, 6.07) is 7.04. The van der Waals surface area contributed by atoms with Gasteiger partial charge in [-0.25, -0.2) is 0 Å². The maximum Gasteiger partial charge on any atom is 0.254 e. The number of halogens is 1. The van der Waals surface area contributed by atoms with Gasteiger partial charge in [-0.1, -0.05) is 12.1 Å². The van der Waals surface area contributed by atoms with Gasteiger partial charge in [0.1, 0.15) is 0 Å². The van der Waals surface area contributed by atoms with Crippen molar-refractivity contribution >= 4 is 32.7 Å². The van der Waals surface area contributed by atoms with E-state index < -0.39 is 0 Å². The van der Waals surface area contributed by atoms with E-state index in [9.17, 15) is 9.59 Å². The normalized spacial score (nSPS) is 24.0. The molecule has 6 heteroatoms. The molecule has 2 atom stereocenters. The van der Waals surface area contributed by atoms with Gasteiger partial charge in [0.25, 0.3) is 5.91 Å². The van der Waals surface area contributed by atoms with Gasteiger partial charge in [-0.3, -0.25) is 9.59 Å². The topological polar surface area (TPSA) is 65.2 Å². The number of fused-ring (bicyclic) bond motifs is 2. The Hall–Kier alpha value is -1.66. The molecule has 0 radical (unpaired) electrons. The highest BCUT2D eigenvalue weighted by Gasteiger charge is 2.38. The number of nitrogens with one attached hydrogen (secondary N) is 2. The zero-order chi connectivity index (χ0) is 15.3. The van der Waals surface area contributed by atoms with Crippen molar-refractivity contribution in [1.29, 1.82) is 0 Å². The first-order chi connectivity index (χ1) is 10.6. The average molecular weight is 362 g/mol. The Morgan fingerprint density at radius 2 is 1.95 bits per heavy atom. The SMILES string of the molecule is O=C(c1cc(=O)[nH]c2c(Br)cccc12)N1C[C@H]2CNC[C@H]2C1. The van der Waals surface area contributed by atoms with E-state index >= 15 is 0 Å². The van der Waals surface area contributed by atoms with E-state index in [1.807, 2.05) is 23.1 Å². The molecule has 1 amide bonds. The number of rotatable bonds is 1. The van der Waals surface area contributed by atoms with Gasteiger partial charge in [0.05, 0.1) is 11.1 Å². The molecule has 2 aromatic rings. The Labute approximate surface area is 135 Å². The first kappa shape index (κ1) is 14.0. The lowest BCUT2D eigenvalue weighted by Gasteiger charge is -2.18. The largest absolute Gasteiger partial charge is 0.338 e. The van der Waals surface area contributed by atoms with Crippen molar-refractivity contribution in [1.82, 2.24) is 15.2 Å². The second kappa shape index (κ2) is 5.21. The summed E-state index contributed by atoms with van der Waals surface area (Å²) < 4.78 is 0.791. The Balaban J connectivity index is 1.76. The average Bonchev–Trinajstić information content (AvgIpc) is 3.08. The minimum atomic E-state index is -0.246. The van der Waals surface area contributed by atoms with E-state index in [1.165, 1.54) is 6.07 Å². The molecule has 2 fully saturated rings. The number of carbonyl (C=O) groups is 1. The third-order valence-electron chi connectivity index (χ3n) is 4.73. The Bertz CT molecular complexity index is 805. The van der Waals surface area contributed by atoms with E-state index in [0.717, 1.165) is 36.0 Å². The summed E-state index contributed by atoms with van der Waals surface area (Å²) in [6.07, 6.45) is 0. The van der Waals surface area contributed by atoms with Crippen LogP contribution in [0, 0.1) is 11.8 Å². The molecule has 0 spiro atoms. The number of hydrogen-bond donors (Lipinski definition) is 2. The van der Waals surface area contributed by atoms with E-state index in [1.54, 1.807) is 0 Å². The van der Waals surface area contributed by atoms with Gasteiger partial charge in [0.2, 0.25) is 5.56 Å². The summed E-state index contributed by atoms with van der Waals surface area (Å²) in [6.45, 7) is 3.52. The number of nitrogens with zero attached hydrogens (tertiary/aromatic N) is 1. The van der Waals surface area contributed by atoms with Crippen molar-refractivity contribution in [2.75, 3.05) is 26.2 Å². The summed E-state index contributed by atoms with van der Waals surface area (Å²) in [5, 5.41) is 4.16. The second-order valence-corrected chi connectivity index (χ2v) is 6.95. The fourth-order valence-corrected chi connectivity index (χ4v) is 4.08. The van der Waals surface area contributed by atoms with Crippen LogP contribution in [0.4, 0.5) is 0 Å². The lowest BCUT2D eigenvalue weighted by atomic mass is 10.0. The lowest BCUT2D eigenvalue weighted by Crippen LogP contribution is -2.32. The van der Waals surface area contributed by atoms with Crippen LogP contribution in [-0.2, 0) is 0 Å². The molecule has 0 saturated carbocycles. The number of hydrogen-bond acceptors (Lipinski definition) is 3. The first-order valence-electron chi connectivity index (χ1n) is 7.45. The maximum absolute atomic E-state index is 12.9. The molecule has 22 heavy (non-hydrogen) atoms. The third-order valence-corrected chi connectivity index (χ3v) is 5.40. The summed E-state index contributed by atoms with van der Waals surface area (Å²) in [5.74, 6) is 1.05. The minimum absolute atomic E-state index is 0.0383. The van der Waals surface area contributed by atoms with Gasteiger partial charge in [0, 0.05) is 42.1 Å². The first-order valence-corrected chi connectivity index (χ1v) is 8.24. The highest BCUT2D eigenvalue weighted by Crippen LogP contribution is 2.29. The van der Waals surface area contributed by atoms with Crippen molar-refractivity contribution in [3.8, 4) is 0 Å².